The summed E-state index contributed by atoms with van der Waals surface area (Å²) in [6.45, 7) is 1.40. The van der Waals surface area contributed by atoms with Crippen molar-refractivity contribution >= 4 is 5.69 Å². The number of hydrogen-bond acceptors (Lipinski definition) is 4. The van der Waals surface area contributed by atoms with Gasteiger partial charge in [-0.1, -0.05) is 12.1 Å². The van der Waals surface area contributed by atoms with Gasteiger partial charge in [0.25, 0.3) is 6.43 Å². The molecule has 0 unspecified atom stereocenters. The predicted molar refractivity (Wildman–Crippen MR) is 52.4 cm³/mol. The lowest BCUT2D eigenvalue weighted by molar-refractivity contribution is -0.386. The minimum absolute atomic E-state index is 0.188. The molecular formula is C9H10F2N2O3. The number of phenols is 1. The number of nitrogens with two attached hydrogens (primary N) is 1. The van der Waals surface area contributed by atoms with Crippen molar-refractivity contribution in [2.45, 2.75) is 19.4 Å². The SMILES string of the molecule is Cc1ccc([C@@H](N)C(F)F)c(O)c1[N+](=O)[O-]. The number of halogens is 2. The lowest BCUT2D eigenvalue weighted by atomic mass is 10.0. The van der Waals surface area contributed by atoms with E-state index in [4.69, 9.17) is 5.73 Å². The van der Waals surface area contributed by atoms with E-state index in [0.29, 0.717) is 0 Å². The van der Waals surface area contributed by atoms with E-state index in [2.05, 4.69) is 0 Å². The molecule has 7 heteroatoms. The molecule has 3 N–H and O–H groups in total. The molecule has 88 valence electrons. The highest BCUT2D eigenvalue weighted by molar-refractivity contribution is 5.56. The monoisotopic (exact) mass is 232 g/mol. The van der Waals surface area contributed by atoms with E-state index in [9.17, 15) is 24.0 Å². The Balaban J connectivity index is 3.34. The van der Waals surface area contributed by atoms with Crippen LogP contribution in [0.1, 0.15) is 17.2 Å². The van der Waals surface area contributed by atoms with Crippen LogP contribution in [-0.2, 0) is 0 Å². The van der Waals surface area contributed by atoms with Crippen LogP contribution in [0.5, 0.6) is 5.75 Å². The van der Waals surface area contributed by atoms with Crippen LogP contribution in [0.15, 0.2) is 12.1 Å². The van der Waals surface area contributed by atoms with Gasteiger partial charge in [0.1, 0.15) is 0 Å². The van der Waals surface area contributed by atoms with E-state index < -0.39 is 28.8 Å². The third-order valence-corrected chi connectivity index (χ3v) is 2.20. The number of rotatable bonds is 3. The van der Waals surface area contributed by atoms with Gasteiger partial charge in [-0.05, 0) is 6.92 Å². The van der Waals surface area contributed by atoms with Crippen LogP contribution in [-0.4, -0.2) is 16.5 Å². The van der Waals surface area contributed by atoms with Gasteiger partial charge in [-0.15, -0.1) is 0 Å². The average Bonchev–Trinajstić information content (AvgIpc) is 2.16. The second kappa shape index (κ2) is 4.40. The zero-order valence-electron chi connectivity index (χ0n) is 8.35. The topological polar surface area (TPSA) is 89.4 Å². The molecule has 5 nitrogen and oxygen atoms in total. The summed E-state index contributed by atoms with van der Waals surface area (Å²) in [5.74, 6) is -0.794. The Labute approximate surface area is 89.6 Å². The molecule has 0 radical (unpaired) electrons. The van der Waals surface area contributed by atoms with Crippen molar-refractivity contribution < 1.29 is 18.8 Å². The lowest BCUT2D eigenvalue weighted by Crippen LogP contribution is -2.19. The van der Waals surface area contributed by atoms with Crippen LogP contribution < -0.4 is 5.73 Å². The number of nitro benzene ring substituents is 1. The Morgan fingerprint density at radius 1 is 1.50 bits per heavy atom. The summed E-state index contributed by atoms with van der Waals surface area (Å²) in [7, 11) is 0. The molecule has 1 rings (SSSR count). The molecule has 0 spiro atoms. The lowest BCUT2D eigenvalue weighted by Gasteiger charge is -2.13. The van der Waals surface area contributed by atoms with Gasteiger partial charge in [-0.2, -0.15) is 0 Å². The number of nitrogens with zero attached hydrogens (tertiary/aromatic N) is 1. The van der Waals surface area contributed by atoms with E-state index >= 15 is 0 Å². The van der Waals surface area contributed by atoms with Gasteiger partial charge in [0.2, 0.25) is 0 Å². The maximum Gasteiger partial charge on any atom is 0.313 e. The fourth-order valence-corrected chi connectivity index (χ4v) is 1.33. The van der Waals surface area contributed by atoms with Gasteiger partial charge in [-0.25, -0.2) is 8.78 Å². The van der Waals surface area contributed by atoms with Crippen molar-refractivity contribution in [3.05, 3.63) is 33.4 Å². The van der Waals surface area contributed by atoms with Crippen molar-refractivity contribution in [2.75, 3.05) is 0 Å². The molecule has 0 amide bonds. The quantitative estimate of drug-likeness (QED) is 0.615. The van der Waals surface area contributed by atoms with Crippen LogP contribution >= 0.6 is 0 Å². The highest BCUT2D eigenvalue weighted by atomic mass is 19.3. The van der Waals surface area contributed by atoms with Gasteiger partial charge < -0.3 is 10.8 Å². The Morgan fingerprint density at radius 3 is 2.50 bits per heavy atom. The first kappa shape index (κ1) is 12.3. The van der Waals surface area contributed by atoms with Gasteiger partial charge in [0, 0.05) is 11.1 Å². The highest BCUT2D eigenvalue weighted by Gasteiger charge is 2.27. The highest BCUT2D eigenvalue weighted by Crippen LogP contribution is 2.36. The maximum absolute atomic E-state index is 12.3. The number of phenolic OH excluding ortho intramolecular Hbond substituents is 1. The van der Waals surface area contributed by atoms with E-state index in [1.165, 1.54) is 13.0 Å². The van der Waals surface area contributed by atoms with Gasteiger partial charge in [0.05, 0.1) is 11.0 Å². The summed E-state index contributed by atoms with van der Waals surface area (Å²) in [5, 5.41) is 20.1. The minimum Gasteiger partial charge on any atom is -0.502 e. The Hall–Kier alpha value is -1.76. The Bertz CT molecular complexity index is 423. The van der Waals surface area contributed by atoms with Crippen molar-refractivity contribution in [3.8, 4) is 5.75 Å². The molecule has 1 atom stereocenters. The van der Waals surface area contributed by atoms with Crippen LogP contribution in [0.4, 0.5) is 14.5 Å². The molecule has 0 aliphatic heterocycles. The smallest absolute Gasteiger partial charge is 0.313 e. The first-order valence-corrected chi connectivity index (χ1v) is 4.36. The molecule has 1 aromatic rings. The molecule has 0 fully saturated rings. The first-order chi connectivity index (χ1) is 7.36. The molecule has 0 saturated heterocycles. The van der Waals surface area contributed by atoms with Crippen molar-refractivity contribution in [1.29, 1.82) is 0 Å². The van der Waals surface area contributed by atoms with E-state index in [-0.39, 0.29) is 11.1 Å². The Kier molecular flexibility index (Phi) is 3.38. The number of alkyl halides is 2. The second-order valence-electron chi connectivity index (χ2n) is 3.29. The zero-order chi connectivity index (χ0) is 12.5. The summed E-state index contributed by atoms with van der Waals surface area (Å²) < 4.78 is 24.6. The van der Waals surface area contributed by atoms with Crippen LogP contribution in [0.25, 0.3) is 0 Å². The molecule has 0 bridgehead atoms. The molecule has 0 aliphatic rings. The summed E-state index contributed by atoms with van der Waals surface area (Å²) in [4.78, 5) is 9.78. The normalized spacial score (nSPS) is 12.8. The average molecular weight is 232 g/mol. The largest absolute Gasteiger partial charge is 0.502 e. The summed E-state index contributed by atoms with van der Waals surface area (Å²) in [6, 6.07) is 0.698. The predicted octanol–water partition coefficient (Wildman–Crippen LogP) is 1.87. The standard InChI is InChI=1S/C9H10F2N2O3/c1-4-2-3-5(6(12)9(10)11)8(14)7(4)13(15)16/h2-3,6,9,14H,12H2,1H3/t6-/m1/s1. The number of hydrogen-bond donors (Lipinski definition) is 2. The van der Waals surface area contributed by atoms with Crippen LogP contribution in [0, 0.1) is 17.0 Å². The second-order valence-corrected chi connectivity index (χ2v) is 3.29. The zero-order valence-corrected chi connectivity index (χ0v) is 8.35. The van der Waals surface area contributed by atoms with Crippen LogP contribution in [0.3, 0.4) is 0 Å². The third-order valence-electron chi connectivity index (χ3n) is 2.20. The third kappa shape index (κ3) is 2.08. The molecule has 0 aliphatic carbocycles. The summed E-state index contributed by atoms with van der Waals surface area (Å²) in [6.07, 6.45) is -2.90. The van der Waals surface area contributed by atoms with Gasteiger partial charge >= 0.3 is 5.69 Å². The molecule has 0 saturated carbocycles. The first-order valence-electron chi connectivity index (χ1n) is 4.36. The molecule has 0 aromatic heterocycles. The maximum atomic E-state index is 12.3. The van der Waals surface area contributed by atoms with E-state index in [0.717, 1.165) is 6.07 Å². The number of aromatic hydroxyl groups is 1. The van der Waals surface area contributed by atoms with Crippen molar-refractivity contribution in [1.82, 2.24) is 0 Å². The van der Waals surface area contributed by atoms with E-state index in [1.54, 1.807) is 0 Å². The molecule has 16 heavy (non-hydrogen) atoms. The van der Waals surface area contributed by atoms with Gasteiger partial charge in [0.15, 0.2) is 5.75 Å². The Morgan fingerprint density at radius 2 is 2.06 bits per heavy atom. The van der Waals surface area contributed by atoms with Gasteiger partial charge in [-0.3, -0.25) is 10.1 Å². The summed E-state index contributed by atoms with van der Waals surface area (Å²) >= 11 is 0. The minimum atomic E-state index is -2.90. The fourth-order valence-electron chi connectivity index (χ4n) is 1.33. The number of benzene rings is 1. The van der Waals surface area contributed by atoms with Crippen molar-refractivity contribution in [2.24, 2.45) is 5.73 Å². The van der Waals surface area contributed by atoms with Crippen LogP contribution in [0.2, 0.25) is 0 Å². The molecule has 1 aromatic carbocycles. The number of aryl methyl sites for hydroxylation is 1. The molecular weight excluding hydrogens is 222 g/mol. The molecule has 0 heterocycles. The number of nitro groups is 1. The fraction of sp³-hybridized carbons (Fsp3) is 0.333. The summed E-state index contributed by atoms with van der Waals surface area (Å²) in [5.41, 5.74) is 4.40. The van der Waals surface area contributed by atoms with Crippen molar-refractivity contribution in [3.63, 3.8) is 0 Å². The van der Waals surface area contributed by atoms with E-state index in [1.807, 2.05) is 0 Å².